The van der Waals surface area contributed by atoms with Gasteiger partial charge in [-0.2, -0.15) is 0 Å². The maximum atomic E-state index is 9.81. The first kappa shape index (κ1) is 13.8. The Hall–Kier alpha value is -0.120. The van der Waals surface area contributed by atoms with E-state index >= 15 is 0 Å². The summed E-state index contributed by atoms with van der Waals surface area (Å²) in [4.78, 5) is 0. The van der Waals surface area contributed by atoms with Gasteiger partial charge in [-0.05, 0) is 51.9 Å². The SMILES string of the molecule is CCOC1CC(NC2CCCC(O)C2)C12CCCC2. The third-order valence-corrected chi connectivity index (χ3v) is 5.77. The average molecular weight is 267 g/mol. The first-order chi connectivity index (χ1) is 9.24. The van der Waals surface area contributed by atoms with Crippen LogP contribution in [0.1, 0.15) is 64.7 Å². The Labute approximate surface area is 117 Å². The van der Waals surface area contributed by atoms with E-state index in [1.807, 2.05) is 0 Å². The summed E-state index contributed by atoms with van der Waals surface area (Å²) >= 11 is 0. The van der Waals surface area contributed by atoms with Crippen LogP contribution in [0.25, 0.3) is 0 Å². The molecule has 19 heavy (non-hydrogen) atoms. The lowest BCUT2D eigenvalue weighted by molar-refractivity contribution is -0.134. The van der Waals surface area contributed by atoms with E-state index in [0.717, 1.165) is 19.4 Å². The summed E-state index contributed by atoms with van der Waals surface area (Å²) in [6.07, 6.45) is 11.4. The average Bonchev–Trinajstić information content (AvgIpc) is 2.90. The van der Waals surface area contributed by atoms with Crippen LogP contribution < -0.4 is 5.32 Å². The summed E-state index contributed by atoms with van der Waals surface area (Å²) in [6, 6.07) is 1.18. The maximum Gasteiger partial charge on any atom is 0.0661 e. The molecule has 0 heterocycles. The fourth-order valence-electron chi connectivity index (χ4n) is 4.72. The van der Waals surface area contributed by atoms with Crippen molar-refractivity contribution in [2.45, 2.75) is 89.0 Å². The van der Waals surface area contributed by atoms with Crippen LogP contribution in [0.5, 0.6) is 0 Å². The molecular formula is C16H29NO2. The van der Waals surface area contributed by atoms with Crippen molar-refractivity contribution in [1.29, 1.82) is 0 Å². The highest BCUT2D eigenvalue weighted by atomic mass is 16.5. The molecule has 0 saturated heterocycles. The molecule has 3 saturated carbocycles. The van der Waals surface area contributed by atoms with Crippen LogP contribution in [0.4, 0.5) is 0 Å². The molecule has 3 nitrogen and oxygen atoms in total. The Morgan fingerprint density at radius 2 is 1.95 bits per heavy atom. The highest BCUT2D eigenvalue weighted by Gasteiger charge is 2.56. The van der Waals surface area contributed by atoms with Crippen molar-refractivity contribution >= 4 is 0 Å². The number of aliphatic hydroxyl groups is 1. The minimum absolute atomic E-state index is 0.0754. The van der Waals surface area contributed by atoms with Crippen LogP contribution in [0.3, 0.4) is 0 Å². The topological polar surface area (TPSA) is 41.5 Å². The van der Waals surface area contributed by atoms with Gasteiger partial charge in [-0.1, -0.05) is 12.8 Å². The minimum atomic E-state index is -0.0754. The molecule has 4 unspecified atom stereocenters. The van der Waals surface area contributed by atoms with Gasteiger partial charge in [0.1, 0.15) is 0 Å². The van der Waals surface area contributed by atoms with E-state index in [9.17, 15) is 5.11 Å². The Morgan fingerprint density at radius 1 is 1.16 bits per heavy atom. The Bertz CT molecular complexity index is 301. The normalized spacial score (nSPS) is 41.4. The van der Waals surface area contributed by atoms with Crippen LogP contribution in [-0.2, 0) is 4.74 Å². The van der Waals surface area contributed by atoms with Crippen LogP contribution in [0.2, 0.25) is 0 Å². The lowest BCUT2D eigenvalue weighted by Gasteiger charge is -2.55. The first-order valence-corrected chi connectivity index (χ1v) is 8.30. The van der Waals surface area contributed by atoms with Crippen LogP contribution in [0, 0.1) is 5.41 Å². The molecular weight excluding hydrogens is 238 g/mol. The highest BCUT2D eigenvalue weighted by molar-refractivity contribution is 5.10. The molecule has 3 aliphatic carbocycles. The number of nitrogens with one attached hydrogen (secondary N) is 1. The van der Waals surface area contributed by atoms with E-state index in [1.54, 1.807) is 0 Å². The van der Waals surface area contributed by atoms with Gasteiger partial charge in [0.15, 0.2) is 0 Å². The number of aliphatic hydroxyl groups excluding tert-OH is 1. The van der Waals surface area contributed by atoms with Gasteiger partial charge in [0, 0.05) is 24.1 Å². The fraction of sp³-hybridized carbons (Fsp3) is 1.00. The summed E-state index contributed by atoms with van der Waals surface area (Å²) in [6.45, 7) is 2.96. The van der Waals surface area contributed by atoms with E-state index in [1.165, 1.54) is 44.9 Å². The van der Waals surface area contributed by atoms with E-state index in [-0.39, 0.29) is 6.10 Å². The molecule has 0 radical (unpaired) electrons. The zero-order valence-corrected chi connectivity index (χ0v) is 12.2. The maximum absolute atomic E-state index is 9.81. The smallest absolute Gasteiger partial charge is 0.0661 e. The quantitative estimate of drug-likeness (QED) is 0.822. The summed E-state index contributed by atoms with van der Waals surface area (Å²) in [5, 5.41) is 13.7. The zero-order chi connectivity index (χ0) is 13.3. The molecule has 3 rings (SSSR count). The molecule has 4 atom stereocenters. The van der Waals surface area contributed by atoms with E-state index in [4.69, 9.17) is 4.74 Å². The summed E-state index contributed by atoms with van der Waals surface area (Å²) in [5.41, 5.74) is 0.429. The van der Waals surface area contributed by atoms with Gasteiger partial charge in [0.25, 0.3) is 0 Å². The van der Waals surface area contributed by atoms with Gasteiger partial charge in [-0.15, -0.1) is 0 Å². The summed E-state index contributed by atoms with van der Waals surface area (Å²) < 4.78 is 5.97. The first-order valence-electron chi connectivity index (χ1n) is 8.30. The molecule has 0 aliphatic heterocycles. The van der Waals surface area contributed by atoms with Gasteiger partial charge in [-0.3, -0.25) is 0 Å². The molecule has 0 aromatic rings. The molecule has 2 N–H and O–H groups in total. The van der Waals surface area contributed by atoms with Gasteiger partial charge in [0.05, 0.1) is 12.2 Å². The van der Waals surface area contributed by atoms with Crippen molar-refractivity contribution in [1.82, 2.24) is 5.32 Å². The third-order valence-electron chi connectivity index (χ3n) is 5.77. The number of ether oxygens (including phenoxy) is 1. The second kappa shape index (κ2) is 5.71. The number of hydrogen-bond donors (Lipinski definition) is 2. The molecule has 0 aromatic carbocycles. The van der Waals surface area contributed by atoms with Crippen LogP contribution in [0.15, 0.2) is 0 Å². The largest absolute Gasteiger partial charge is 0.393 e. The zero-order valence-electron chi connectivity index (χ0n) is 12.2. The Morgan fingerprint density at radius 3 is 2.63 bits per heavy atom. The molecule has 3 fully saturated rings. The third kappa shape index (κ3) is 2.57. The van der Waals surface area contributed by atoms with Gasteiger partial charge in [0.2, 0.25) is 0 Å². The van der Waals surface area contributed by atoms with Crippen LogP contribution in [-0.4, -0.2) is 36.0 Å². The molecule has 110 valence electrons. The van der Waals surface area contributed by atoms with Gasteiger partial charge >= 0.3 is 0 Å². The summed E-state index contributed by atoms with van der Waals surface area (Å²) in [5.74, 6) is 0. The van der Waals surface area contributed by atoms with E-state index in [2.05, 4.69) is 12.2 Å². The summed E-state index contributed by atoms with van der Waals surface area (Å²) in [7, 11) is 0. The molecule has 0 bridgehead atoms. The molecule has 3 aliphatic rings. The van der Waals surface area contributed by atoms with E-state index < -0.39 is 0 Å². The van der Waals surface area contributed by atoms with Crippen molar-refractivity contribution in [2.75, 3.05) is 6.61 Å². The van der Waals surface area contributed by atoms with Crippen LogP contribution >= 0.6 is 0 Å². The molecule has 3 heteroatoms. The lowest BCUT2D eigenvalue weighted by Crippen LogP contribution is -2.64. The molecule has 1 spiro atoms. The second-order valence-electron chi connectivity index (χ2n) is 6.86. The van der Waals surface area contributed by atoms with Crippen molar-refractivity contribution in [2.24, 2.45) is 5.41 Å². The highest BCUT2D eigenvalue weighted by Crippen LogP contribution is 2.55. The molecule has 0 aromatic heterocycles. The second-order valence-corrected chi connectivity index (χ2v) is 6.86. The van der Waals surface area contributed by atoms with Gasteiger partial charge in [-0.25, -0.2) is 0 Å². The lowest BCUT2D eigenvalue weighted by atomic mass is 9.60. The van der Waals surface area contributed by atoms with Crippen molar-refractivity contribution in [3.8, 4) is 0 Å². The van der Waals surface area contributed by atoms with Crippen molar-refractivity contribution in [3.63, 3.8) is 0 Å². The predicted molar refractivity (Wildman–Crippen MR) is 76.1 cm³/mol. The Balaban J connectivity index is 1.59. The number of rotatable bonds is 4. The van der Waals surface area contributed by atoms with E-state index in [0.29, 0.717) is 23.6 Å². The predicted octanol–water partition coefficient (Wildman–Crippen LogP) is 2.62. The molecule has 0 amide bonds. The minimum Gasteiger partial charge on any atom is -0.393 e. The Kier molecular flexibility index (Phi) is 4.16. The van der Waals surface area contributed by atoms with Crippen molar-refractivity contribution in [3.05, 3.63) is 0 Å². The number of hydrogen-bond acceptors (Lipinski definition) is 3. The fourth-order valence-corrected chi connectivity index (χ4v) is 4.72. The van der Waals surface area contributed by atoms with Crippen molar-refractivity contribution < 1.29 is 9.84 Å². The standard InChI is InChI=1S/C16H29NO2/c1-2-19-15-11-14(16(15)8-3-4-9-16)17-12-6-5-7-13(18)10-12/h12-15,17-18H,2-11H2,1H3. The monoisotopic (exact) mass is 267 g/mol. The van der Waals surface area contributed by atoms with Gasteiger partial charge < -0.3 is 15.2 Å².